The summed E-state index contributed by atoms with van der Waals surface area (Å²) in [5.41, 5.74) is 2.37. The van der Waals surface area contributed by atoms with Crippen LogP contribution < -0.4 is 20.1 Å². The maximum atomic E-state index is 12.2. The number of aromatic nitrogens is 2. The van der Waals surface area contributed by atoms with Crippen molar-refractivity contribution in [2.24, 2.45) is 0 Å². The summed E-state index contributed by atoms with van der Waals surface area (Å²) in [6.07, 6.45) is 0. The van der Waals surface area contributed by atoms with Crippen LogP contribution >= 0.6 is 0 Å². The smallest absolute Gasteiger partial charge is 0.319 e. The highest BCUT2D eigenvalue weighted by Gasteiger charge is 2.08. The summed E-state index contributed by atoms with van der Waals surface area (Å²) in [6, 6.07) is 12.4. The molecule has 0 fully saturated rings. The van der Waals surface area contributed by atoms with Crippen LogP contribution in [-0.2, 0) is 6.54 Å². The highest BCUT2D eigenvalue weighted by molar-refractivity contribution is 5.89. The van der Waals surface area contributed by atoms with Gasteiger partial charge in [-0.1, -0.05) is 11.2 Å². The van der Waals surface area contributed by atoms with Crippen LogP contribution in [0.5, 0.6) is 11.5 Å². The molecule has 0 aliphatic rings. The van der Waals surface area contributed by atoms with Gasteiger partial charge in [-0.2, -0.15) is 4.98 Å². The Bertz CT molecular complexity index is 938. The van der Waals surface area contributed by atoms with Crippen LogP contribution in [0.25, 0.3) is 11.4 Å². The minimum Gasteiger partial charge on any atom is -0.493 e. The third-order valence-electron chi connectivity index (χ3n) is 3.91. The molecule has 0 aliphatic carbocycles. The van der Waals surface area contributed by atoms with Gasteiger partial charge in [0.1, 0.15) is 0 Å². The summed E-state index contributed by atoms with van der Waals surface area (Å²) in [5, 5.41) is 9.47. The van der Waals surface area contributed by atoms with E-state index in [0.29, 0.717) is 42.1 Å². The van der Waals surface area contributed by atoms with Crippen LogP contribution in [-0.4, -0.2) is 29.9 Å². The Kier molecular flexibility index (Phi) is 6.11. The topological polar surface area (TPSA) is 98.5 Å². The van der Waals surface area contributed by atoms with Crippen molar-refractivity contribution in [1.29, 1.82) is 0 Å². The number of anilines is 1. The van der Waals surface area contributed by atoms with Gasteiger partial charge in [-0.25, -0.2) is 4.79 Å². The number of rotatable bonds is 7. The fourth-order valence-electron chi connectivity index (χ4n) is 2.57. The second kappa shape index (κ2) is 8.90. The van der Waals surface area contributed by atoms with E-state index in [1.54, 1.807) is 26.2 Å². The third kappa shape index (κ3) is 4.79. The number of urea groups is 1. The van der Waals surface area contributed by atoms with Gasteiger partial charge in [0.2, 0.25) is 11.7 Å². The molecule has 1 heterocycles. The number of nitrogens with zero attached hydrogens (tertiary/aromatic N) is 2. The summed E-state index contributed by atoms with van der Waals surface area (Å²) in [5.74, 6) is 2.32. The van der Waals surface area contributed by atoms with E-state index in [4.69, 9.17) is 14.0 Å². The summed E-state index contributed by atoms with van der Waals surface area (Å²) in [4.78, 5) is 16.3. The van der Waals surface area contributed by atoms with Crippen molar-refractivity contribution >= 4 is 11.7 Å². The van der Waals surface area contributed by atoms with Crippen LogP contribution in [0.15, 0.2) is 47.0 Å². The summed E-state index contributed by atoms with van der Waals surface area (Å²) < 4.78 is 15.8. The quantitative estimate of drug-likeness (QED) is 0.645. The summed E-state index contributed by atoms with van der Waals surface area (Å²) in [7, 11) is 1.58. The average molecular weight is 382 g/mol. The normalized spacial score (nSPS) is 10.4. The summed E-state index contributed by atoms with van der Waals surface area (Å²) in [6.45, 7) is 4.56. The van der Waals surface area contributed by atoms with Gasteiger partial charge in [0.15, 0.2) is 11.5 Å². The van der Waals surface area contributed by atoms with E-state index in [-0.39, 0.29) is 6.03 Å². The zero-order valence-corrected chi connectivity index (χ0v) is 16.0. The molecule has 3 rings (SSSR count). The molecule has 8 heteroatoms. The molecule has 0 spiro atoms. The molecular formula is C20H22N4O4. The lowest BCUT2D eigenvalue weighted by molar-refractivity contribution is 0.251. The molecule has 1 aromatic heterocycles. The zero-order valence-electron chi connectivity index (χ0n) is 16.0. The second-order valence-electron chi connectivity index (χ2n) is 5.94. The molecule has 28 heavy (non-hydrogen) atoms. The first-order chi connectivity index (χ1) is 13.6. The van der Waals surface area contributed by atoms with E-state index in [1.807, 2.05) is 37.3 Å². The van der Waals surface area contributed by atoms with Crippen molar-refractivity contribution in [3.63, 3.8) is 0 Å². The van der Waals surface area contributed by atoms with Crippen LogP contribution in [0.1, 0.15) is 18.4 Å². The minimum atomic E-state index is -0.309. The molecule has 0 unspecified atom stereocenters. The molecule has 2 aromatic carbocycles. The number of carbonyl (C=O) groups is 1. The van der Waals surface area contributed by atoms with Crippen molar-refractivity contribution < 1.29 is 18.8 Å². The molecule has 2 amide bonds. The average Bonchev–Trinajstić information content (AvgIpc) is 3.14. The number of aryl methyl sites for hydroxylation is 1. The molecule has 0 atom stereocenters. The molecule has 0 aliphatic heterocycles. The number of amides is 2. The molecule has 3 aromatic rings. The molecule has 8 nitrogen and oxygen atoms in total. The van der Waals surface area contributed by atoms with Gasteiger partial charge in [-0.3, -0.25) is 0 Å². The Labute approximate surface area is 162 Å². The predicted octanol–water partition coefficient (Wildman–Crippen LogP) is 3.77. The number of hydrogen-bond donors (Lipinski definition) is 2. The maximum absolute atomic E-state index is 12.2. The van der Waals surface area contributed by atoms with Gasteiger partial charge in [0, 0.05) is 24.7 Å². The molecule has 2 N–H and O–H groups in total. The van der Waals surface area contributed by atoms with Gasteiger partial charge in [0.25, 0.3) is 0 Å². The predicted molar refractivity (Wildman–Crippen MR) is 104 cm³/mol. The van der Waals surface area contributed by atoms with Gasteiger partial charge in [0.05, 0.1) is 13.7 Å². The Morgan fingerprint density at radius 2 is 1.93 bits per heavy atom. The van der Waals surface area contributed by atoms with Crippen molar-refractivity contribution in [3.8, 4) is 22.9 Å². The highest BCUT2D eigenvalue weighted by atomic mass is 16.5. The lowest BCUT2D eigenvalue weighted by Gasteiger charge is -2.12. The number of carbonyl (C=O) groups excluding carboxylic acids is 1. The van der Waals surface area contributed by atoms with Crippen molar-refractivity contribution in [1.82, 2.24) is 15.5 Å². The number of methoxy groups -OCH3 is 1. The number of hydrogen-bond acceptors (Lipinski definition) is 6. The first kappa shape index (κ1) is 19.2. The van der Waals surface area contributed by atoms with Crippen molar-refractivity contribution in [2.75, 3.05) is 19.0 Å². The first-order valence-electron chi connectivity index (χ1n) is 8.84. The largest absolute Gasteiger partial charge is 0.493 e. The number of benzene rings is 2. The lowest BCUT2D eigenvalue weighted by atomic mass is 10.2. The Morgan fingerprint density at radius 1 is 1.14 bits per heavy atom. The van der Waals surface area contributed by atoms with Crippen LogP contribution in [0, 0.1) is 6.92 Å². The third-order valence-corrected chi connectivity index (χ3v) is 3.91. The molecule has 146 valence electrons. The molecule has 0 bridgehead atoms. The van der Waals surface area contributed by atoms with Gasteiger partial charge < -0.3 is 24.6 Å². The van der Waals surface area contributed by atoms with Gasteiger partial charge in [-0.15, -0.1) is 0 Å². The molecule has 0 radical (unpaired) electrons. The van der Waals surface area contributed by atoms with Crippen molar-refractivity contribution in [3.05, 3.63) is 53.9 Å². The van der Waals surface area contributed by atoms with E-state index in [0.717, 1.165) is 11.1 Å². The van der Waals surface area contributed by atoms with E-state index >= 15 is 0 Å². The van der Waals surface area contributed by atoms with Gasteiger partial charge >= 0.3 is 6.03 Å². The van der Waals surface area contributed by atoms with Gasteiger partial charge in [-0.05, 0) is 48.9 Å². The van der Waals surface area contributed by atoms with E-state index in [1.165, 1.54) is 0 Å². The Balaban J connectivity index is 1.55. The highest BCUT2D eigenvalue weighted by Crippen LogP contribution is 2.28. The molecule has 0 saturated heterocycles. The lowest BCUT2D eigenvalue weighted by Crippen LogP contribution is -2.28. The molecule has 0 saturated carbocycles. The van der Waals surface area contributed by atoms with Crippen LogP contribution in [0.4, 0.5) is 10.5 Å². The monoisotopic (exact) mass is 382 g/mol. The van der Waals surface area contributed by atoms with Crippen molar-refractivity contribution in [2.45, 2.75) is 20.4 Å². The SMILES string of the molecule is CCOc1ccc(CNC(=O)Nc2ccc(-c3noc(C)n3)cc2)cc1OC. The van der Waals surface area contributed by atoms with E-state index in [9.17, 15) is 4.79 Å². The first-order valence-corrected chi connectivity index (χ1v) is 8.84. The zero-order chi connectivity index (χ0) is 19.9. The molecular weight excluding hydrogens is 360 g/mol. The summed E-state index contributed by atoms with van der Waals surface area (Å²) >= 11 is 0. The minimum absolute atomic E-state index is 0.309. The number of nitrogens with one attached hydrogen (secondary N) is 2. The van der Waals surface area contributed by atoms with E-state index < -0.39 is 0 Å². The fraction of sp³-hybridized carbons (Fsp3) is 0.250. The maximum Gasteiger partial charge on any atom is 0.319 e. The number of ether oxygens (including phenoxy) is 2. The fourth-order valence-corrected chi connectivity index (χ4v) is 2.57. The second-order valence-corrected chi connectivity index (χ2v) is 5.94. The standard InChI is InChI=1S/C20H22N4O4/c1-4-27-17-10-5-14(11-18(17)26-3)12-21-20(25)23-16-8-6-15(7-9-16)19-22-13(2)28-24-19/h5-11H,4,12H2,1-3H3,(H2,21,23,25). The van der Waals surface area contributed by atoms with Crippen LogP contribution in [0.2, 0.25) is 0 Å². The Morgan fingerprint density at radius 3 is 2.57 bits per heavy atom. The Hall–Kier alpha value is -3.55. The van der Waals surface area contributed by atoms with Crippen LogP contribution in [0.3, 0.4) is 0 Å². The van der Waals surface area contributed by atoms with E-state index in [2.05, 4.69) is 20.8 Å².